The fourth-order valence-corrected chi connectivity index (χ4v) is 4.47. The van der Waals surface area contributed by atoms with Crippen molar-refractivity contribution in [2.75, 3.05) is 12.4 Å². The largest absolute Gasteiger partial charge is 0.493 e. The minimum absolute atomic E-state index is 0.0482. The van der Waals surface area contributed by atoms with Crippen molar-refractivity contribution in [3.8, 4) is 5.75 Å². The van der Waals surface area contributed by atoms with Crippen LogP contribution in [0, 0.1) is 29.4 Å². The monoisotopic (exact) mass is 447 g/mol. The molecule has 2 aromatic rings. The van der Waals surface area contributed by atoms with Gasteiger partial charge in [0.2, 0.25) is 5.82 Å². The first-order valence-electron chi connectivity index (χ1n) is 10.4. The lowest BCUT2D eigenvalue weighted by molar-refractivity contribution is -0.126. The Bertz CT molecular complexity index is 1010. The number of amides is 2. The number of rotatable bonds is 8. The third kappa shape index (κ3) is 4.72. The highest BCUT2D eigenvalue weighted by Crippen LogP contribution is 2.47. The van der Waals surface area contributed by atoms with Crippen molar-refractivity contribution in [3.05, 3.63) is 53.4 Å². The van der Waals surface area contributed by atoms with E-state index < -0.39 is 35.5 Å². The number of aromatic nitrogens is 1. The molecule has 9 heteroatoms. The van der Waals surface area contributed by atoms with Gasteiger partial charge in [0.1, 0.15) is 11.8 Å². The Balaban J connectivity index is 1.94. The summed E-state index contributed by atoms with van der Waals surface area (Å²) in [6, 6.07) is 5.04. The molecule has 2 amide bonds. The molecule has 0 spiro atoms. The Morgan fingerprint density at radius 2 is 1.97 bits per heavy atom. The number of aliphatic hydroxyl groups is 1. The SMILES string of the molecule is COc1c([C@H]([C@@H](O)C(=O)Nc2ccnc(C(N)=O)c2)[C@H](C)[C@H]2C[C@@H](C)C2)ccc(F)c1F. The number of hydrogen-bond acceptors (Lipinski definition) is 5. The zero-order chi connectivity index (χ0) is 23.6. The summed E-state index contributed by atoms with van der Waals surface area (Å²) in [5.74, 6) is -4.45. The second-order valence-electron chi connectivity index (χ2n) is 8.43. The van der Waals surface area contributed by atoms with Gasteiger partial charge in [-0.3, -0.25) is 14.6 Å². The summed E-state index contributed by atoms with van der Waals surface area (Å²) in [5.41, 5.74) is 5.61. The van der Waals surface area contributed by atoms with Gasteiger partial charge in [-0.1, -0.05) is 19.9 Å². The van der Waals surface area contributed by atoms with Crippen LogP contribution in [0.15, 0.2) is 30.5 Å². The van der Waals surface area contributed by atoms with Crippen molar-refractivity contribution in [1.82, 2.24) is 4.98 Å². The number of hydrogen-bond donors (Lipinski definition) is 3. The van der Waals surface area contributed by atoms with Gasteiger partial charge in [0.05, 0.1) is 7.11 Å². The second-order valence-corrected chi connectivity index (χ2v) is 8.43. The lowest BCUT2D eigenvalue weighted by atomic mass is 9.64. The molecule has 1 heterocycles. The van der Waals surface area contributed by atoms with Gasteiger partial charge in [0.15, 0.2) is 11.6 Å². The summed E-state index contributed by atoms with van der Waals surface area (Å²) in [6.07, 6.45) is 1.52. The molecule has 1 saturated carbocycles. The number of benzene rings is 1. The van der Waals surface area contributed by atoms with Crippen LogP contribution in [0.25, 0.3) is 0 Å². The van der Waals surface area contributed by atoms with Crippen molar-refractivity contribution < 1.29 is 28.2 Å². The van der Waals surface area contributed by atoms with E-state index in [1.807, 2.05) is 6.92 Å². The number of anilines is 1. The summed E-state index contributed by atoms with van der Waals surface area (Å²) in [5, 5.41) is 13.6. The van der Waals surface area contributed by atoms with Crippen LogP contribution in [0.1, 0.15) is 48.7 Å². The molecule has 1 aromatic carbocycles. The first kappa shape index (κ1) is 23.6. The summed E-state index contributed by atoms with van der Waals surface area (Å²) < 4.78 is 33.4. The molecule has 1 aliphatic rings. The van der Waals surface area contributed by atoms with Gasteiger partial charge in [0.25, 0.3) is 11.8 Å². The first-order chi connectivity index (χ1) is 15.1. The number of nitrogens with one attached hydrogen (secondary N) is 1. The van der Waals surface area contributed by atoms with Crippen LogP contribution < -0.4 is 15.8 Å². The van der Waals surface area contributed by atoms with Gasteiger partial charge in [-0.25, -0.2) is 4.39 Å². The fourth-order valence-electron chi connectivity index (χ4n) is 4.47. The van der Waals surface area contributed by atoms with Crippen LogP contribution in [-0.4, -0.2) is 35.1 Å². The third-order valence-electron chi connectivity index (χ3n) is 6.25. The Labute approximate surface area is 185 Å². The molecule has 0 unspecified atom stereocenters. The molecule has 0 aliphatic heterocycles. The van der Waals surface area contributed by atoms with E-state index in [1.54, 1.807) is 0 Å². The van der Waals surface area contributed by atoms with Gasteiger partial charge in [-0.2, -0.15) is 4.39 Å². The number of aliphatic hydroxyl groups excluding tert-OH is 1. The molecule has 1 aromatic heterocycles. The second kappa shape index (κ2) is 9.60. The van der Waals surface area contributed by atoms with Crippen LogP contribution in [0.4, 0.5) is 14.5 Å². The summed E-state index contributed by atoms with van der Waals surface area (Å²) in [7, 11) is 1.21. The van der Waals surface area contributed by atoms with E-state index in [2.05, 4.69) is 17.2 Å². The molecule has 7 nitrogen and oxygen atoms in total. The van der Waals surface area contributed by atoms with Gasteiger partial charge in [0, 0.05) is 23.4 Å². The third-order valence-corrected chi connectivity index (χ3v) is 6.25. The lowest BCUT2D eigenvalue weighted by Gasteiger charge is -2.42. The smallest absolute Gasteiger partial charge is 0.267 e. The van der Waals surface area contributed by atoms with Crippen molar-refractivity contribution in [2.24, 2.45) is 23.5 Å². The first-order valence-corrected chi connectivity index (χ1v) is 10.4. The van der Waals surface area contributed by atoms with Gasteiger partial charge in [-0.05, 0) is 48.8 Å². The number of carbonyl (C=O) groups excluding carboxylic acids is 2. The predicted molar refractivity (Wildman–Crippen MR) is 114 cm³/mol. The Morgan fingerprint density at radius 1 is 1.28 bits per heavy atom. The molecule has 3 atom stereocenters. The highest BCUT2D eigenvalue weighted by atomic mass is 19.2. The number of nitrogens with zero attached hydrogens (tertiary/aromatic N) is 1. The number of pyridine rings is 1. The van der Waals surface area contributed by atoms with Crippen molar-refractivity contribution in [3.63, 3.8) is 0 Å². The number of carbonyl (C=O) groups is 2. The molecule has 0 radical (unpaired) electrons. The van der Waals surface area contributed by atoms with E-state index in [1.165, 1.54) is 31.5 Å². The Morgan fingerprint density at radius 3 is 2.56 bits per heavy atom. The van der Waals surface area contributed by atoms with Crippen molar-refractivity contribution in [2.45, 2.75) is 38.7 Å². The fraction of sp³-hybridized carbons (Fsp3) is 0.435. The molecule has 172 valence electrons. The molecule has 3 rings (SSSR count). The zero-order valence-corrected chi connectivity index (χ0v) is 18.1. The minimum atomic E-state index is -1.59. The molecule has 0 saturated heterocycles. The normalized spacial score (nSPS) is 20.6. The van der Waals surface area contributed by atoms with E-state index in [-0.39, 0.29) is 34.5 Å². The van der Waals surface area contributed by atoms with Crippen LogP contribution in [0.3, 0.4) is 0 Å². The molecular formula is C23H27F2N3O4. The van der Waals surface area contributed by atoms with Crippen LogP contribution in [0.5, 0.6) is 5.75 Å². The highest BCUT2D eigenvalue weighted by molar-refractivity contribution is 5.97. The lowest BCUT2D eigenvalue weighted by Crippen LogP contribution is -2.41. The maximum atomic E-state index is 14.4. The predicted octanol–water partition coefficient (Wildman–Crippen LogP) is 3.23. The van der Waals surface area contributed by atoms with E-state index in [4.69, 9.17) is 10.5 Å². The van der Waals surface area contributed by atoms with E-state index in [0.29, 0.717) is 5.92 Å². The molecule has 1 fully saturated rings. The maximum absolute atomic E-state index is 14.4. The van der Waals surface area contributed by atoms with E-state index >= 15 is 0 Å². The van der Waals surface area contributed by atoms with Gasteiger partial charge in [-0.15, -0.1) is 0 Å². The number of methoxy groups -OCH3 is 1. The topological polar surface area (TPSA) is 115 Å². The average Bonchev–Trinajstić information content (AvgIpc) is 2.74. The minimum Gasteiger partial charge on any atom is -0.493 e. The Kier molecular flexibility index (Phi) is 7.08. The van der Waals surface area contributed by atoms with Crippen LogP contribution in [0.2, 0.25) is 0 Å². The van der Waals surface area contributed by atoms with E-state index in [9.17, 15) is 23.5 Å². The highest BCUT2D eigenvalue weighted by Gasteiger charge is 2.41. The van der Waals surface area contributed by atoms with Gasteiger partial charge >= 0.3 is 0 Å². The molecule has 32 heavy (non-hydrogen) atoms. The standard InChI is InChI=1S/C23H27F2N3O4/c1-11-8-13(9-11)12(2)18(15-4-5-16(24)19(25)21(15)32-3)20(29)23(31)28-14-6-7-27-17(10-14)22(26)30/h4-7,10-13,18,20,29H,8-9H2,1-3H3,(H2,26,30)(H,27,28,31)/t11-,12-,13+,18-,20-/m1/s1. The number of ether oxygens (including phenoxy) is 1. The quantitative estimate of drug-likeness (QED) is 0.575. The molecule has 4 N–H and O–H groups in total. The van der Waals surface area contributed by atoms with Crippen molar-refractivity contribution >= 4 is 17.5 Å². The van der Waals surface area contributed by atoms with Gasteiger partial charge < -0.3 is 20.9 Å². The van der Waals surface area contributed by atoms with E-state index in [0.717, 1.165) is 18.9 Å². The molecule has 1 aliphatic carbocycles. The molecular weight excluding hydrogens is 420 g/mol. The average molecular weight is 447 g/mol. The number of nitrogens with two attached hydrogens (primary N) is 1. The van der Waals surface area contributed by atoms with Crippen LogP contribution >= 0.6 is 0 Å². The Hall–Kier alpha value is -3.07. The van der Waals surface area contributed by atoms with Crippen LogP contribution in [-0.2, 0) is 4.79 Å². The number of halogens is 2. The summed E-state index contributed by atoms with van der Waals surface area (Å²) in [4.78, 5) is 28.1. The zero-order valence-electron chi connectivity index (χ0n) is 18.1. The maximum Gasteiger partial charge on any atom is 0.267 e. The number of primary amides is 1. The molecule has 0 bridgehead atoms. The summed E-state index contributed by atoms with van der Waals surface area (Å²) >= 11 is 0. The summed E-state index contributed by atoms with van der Waals surface area (Å²) in [6.45, 7) is 4.00. The van der Waals surface area contributed by atoms with Crippen molar-refractivity contribution in [1.29, 1.82) is 0 Å².